The van der Waals surface area contributed by atoms with Crippen LogP contribution in [0.4, 0.5) is 0 Å². The van der Waals surface area contributed by atoms with Crippen LogP contribution in [0.5, 0.6) is 5.75 Å². The van der Waals surface area contributed by atoms with Gasteiger partial charge < -0.3 is 10.5 Å². The number of thiophene rings is 1. The SMILES string of the molecule is Cc1cc(OC(CN)c2cccs2)ccc1Br. The van der Waals surface area contributed by atoms with E-state index in [1.165, 1.54) is 0 Å². The van der Waals surface area contributed by atoms with Crippen molar-refractivity contribution in [1.82, 2.24) is 0 Å². The normalized spacial score (nSPS) is 12.4. The van der Waals surface area contributed by atoms with Gasteiger partial charge in [-0.05, 0) is 42.1 Å². The first-order valence-electron chi connectivity index (χ1n) is 5.37. The summed E-state index contributed by atoms with van der Waals surface area (Å²) >= 11 is 5.14. The lowest BCUT2D eigenvalue weighted by Crippen LogP contribution is -2.17. The summed E-state index contributed by atoms with van der Waals surface area (Å²) in [6.07, 6.45) is -0.0597. The fourth-order valence-electron chi connectivity index (χ4n) is 1.55. The summed E-state index contributed by atoms with van der Waals surface area (Å²) < 4.78 is 7.00. The Balaban J connectivity index is 2.16. The molecule has 0 fully saturated rings. The van der Waals surface area contributed by atoms with Crippen molar-refractivity contribution in [3.05, 3.63) is 50.6 Å². The average Bonchev–Trinajstić information content (AvgIpc) is 2.84. The Bertz CT molecular complexity index is 484. The molecule has 2 nitrogen and oxygen atoms in total. The standard InChI is InChI=1S/C13H14BrNOS/c1-9-7-10(4-5-11(9)14)16-12(8-15)13-3-2-6-17-13/h2-7,12H,8,15H2,1H3. The molecule has 0 amide bonds. The Labute approximate surface area is 114 Å². The molecular formula is C13H14BrNOS. The fraction of sp³-hybridized carbons (Fsp3) is 0.231. The van der Waals surface area contributed by atoms with E-state index in [0.29, 0.717) is 6.54 Å². The topological polar surface area (TPSA) is 35.2 Å². The van der Waals surface area contributed by atoms with E-state index in [-0.39, 0.29) is 6.10 Å². The smallest absolute Gasteiger partial charge is 0.145 e. The minimum atomic E-state index is -0.0597. The second kappa shape index (κ2) is 5.67. The first-order valence-corrected chi connectivity index (χ1v) is 7.04. The minimum absolute atomic E-state index is 0.0597. The molecule has 2 N–H and O–H groups in total. The second-order valence-electron chi connectivity index (χ2n) is 3.77. The Morgan fingerprint density at radius 3 is 2.82 bits per heavy atom. The third-order valence-corrected chi connectivity index (χ3v) is 4.34. The monoisotopic (exact) mass is 311 g/mol. The summed E-state index contributed by atoms with van der Waals surface area (Å²) in [5, 5.41) is 2.04. The molecule has 2 rings (SSSR count). The Hall–Kier alpha value is -0.840. The maximum Gasteiger partial charge on any atom is 0.145 e. The van der Waals surface area contributed by atoms with E-state index in [0.717, 1.165) is 20.7 Å². The van der Waals surface area contributed by atoms with Crippen LogP contribution in [0.2, 0.25) is 0 Å². The third-order valence-electron chi connectivity index (χ3n) is 2.48. The molecule has 1 unspecified atom stereocenters. The molecule has 0 aliphatic heterocycles. The lowest BCUT2D eigenvalue weighted by Gasteiger charge is -2.16. The van der Waals surface area contributed by atoms with Crippen LogP contribution in [-0.2, 0) is 0 Å². The zero-order chi connectivity index (χ0) is 12.3. The molecule has 2 aromatic rings. The summed E-state index contributed by atoms with van der Waals surface area (Å²) in [7, 11) is 0. The first-order chi connectivity index (χ1) is 8.20. The van der Waals surface area contributed by atoms with Gasteiger partial charge in [0.2, 0.25) is 0 Å². The predicted octanol–water partition coefficient (Wildman–Crippen LogP) is 3.90. The molecule has 0 bridgehead atoms. The highest BCUT2D eigenvalue weighted by molar-refractivity contribution is 9.10. The number of hydrogen-bond acceptors (Lipinski definition) is 3. The van der Waals surface area contributed by atoms with Gasteiger partial charge in [-0.15, -0.1) is 11.3 Å². The van der Waals surface area contributed by atoms with E-state index in [1.807, 2.05) is 42.6 Å². The Morgan fingerprint density at radius 2 is 2.24 bits per heavy atom. The van der Waals surface area contributed by atoms with E-state index in [9.17, 15) is 0 Å². The maximum absolute atomic E-state index is 5.91. The van der Waals surface area contributed by atoms with Crippen molar-refractivity contribution >= 4 is 27.3 Å². The highest BCUT2D eigenvalue weighted by Gasteiger charge is 2.12. The molecular weight excluding hydrogens is 298 g/mol. The van der Waals surface area contributed by atoms with E-state index in [2.05, 4.69) is 15.9 Å². The number of hydrogen-bond donors (Lipinski definition) is 1. The van der Waals surface area contributed by atoms with Gasteiger partial charge in [0.15, 0.2) is 0 Å². The van der Waals surface area contributed by atoms with Crippen molar-refractivity contribution in [3.8, 4) is 5.75 Å². The number of ether oxygens (including phenoxy) is 1. The zero-order valence-corrected chi connectivity index (χ0v) is 11.9. The Kier molecular flexibility index (Phi) is 4.20. The molecule has 17 heavy (non-hydrogen) atoms. The molecule has 0 radical (unpaired) electrons. The van der Waals surface area contributed by atoms with E-state index >= 15 is 0 Å². The van der Waals surface area contributed by atoms with Gasteiger partial charge in [-0.1, -0.05) is 22.0 Å². The largest absolute Gasteiger partial charge is 0.484 e. The molecule has 1 aromatic heterocycles. The maximum atomic E-state index is 5.91. The van der Waals surface area contributed by atoms with Crippen LogP contribution >= 0.6 is 27.3 Å². The molecule has 0 aliphatic carbocycles. The number of halogens is 1. The van der Waals surface area contributed by atoms with Crippen molar-refractivity contribution < 1.29 is 4.74 Å². The van der Waals surface area contributed by atoms with Gasteiger partial charge in [-0.25, -0.2) is 0 Å². The van der Waals surface area contributed by atoms with Crippen LogP contribution in [0, 0.1) is 6.92 Å². The van der Waals surface area contributed by atoms with Crippen LogP contribution in [0.25, 0.3) is 0 Å². The zero-order valence-electron chi connectivity index (χ0n) is 9.52. The van der Waals surface area contributed by atoms with Gasteiger partial charge in [0.1, 0.15) is 11.9 Å². The third kappa shape index (κ3) is 3.09. The first kappa shape index (κ1) is 12.6. The molecule has 0 saturated heterocycles. The minimum Gasteiger partial charge on any atom is -0.484 e. The van der Waals surface area contributed by atoms with Crippen molar-refractivity contribution in [2.24, 2.45) is 5.73 Å². The van der Waals surface area contributed by atoms with Gasteiger partial charge >= 0.3 is 0 Å². The van der Waals surface area contributed by atoms with Crippen LogP contribution in [0.15, 0.2) is 40.2 Å². The van der Waals surface area contributed by atoms with E-state index < -0.39 is 0 Å². The predicted molar refractivity (Wildman–Crippen MR) is 75.6 cm³/mol. The van der Waals surface area contributed by atoms with Crippen LogP contribution < -0.4 is 10.5 Å². The summed E-state index contributed by atoms with van der Waals surface area (Å²) in [4.78, 5) is 1.16. The highest BCUT2D eigenvalue weighted by atomic mass is 79.9. The van der Waals surface area contributed by atoms with Gasteiger partial charge in [0, 0.05) is 15.9 Å². The molecule has 4 heteroatoms. The molecule has 0 aliphatic rings. The second-order valence-corrected chi connectivity index (χ2v) is 5.60. The molecule has 0 spiro atoms. The quantitative estimate of drug-likeness (QED) is 0.929. The molecule has 1 heterocycles. The molecule has 0 saturated carbocycles. The van der Waals surface area contributed by atoms with E-state index in [4.69, 9.17) is 10.5 Å². The lowest BCUT2D eigenvalue weighted by molar-refractivity contribution is 0.218. The van der Waals surface area contributed by atoms with E-state index in [1.54, 1.807) is 11.3 Å². The van der Waals surface area contributed by atoms with Crippen molar-refractivity contribution in [2.75, 3.05) is 6.54 Å². The summed E-state index contributed by atoms with van der Waals surface area (Å²) in [5.74, 6) is 0.856. The van der Waals surface area contributed by atoms with Gasteiger partial charge in [-0.2, -0.15) is 0 Å². The average molecular weight is 312 g/mol. The van der Waals surface area contributed by atoms with Crippen molar-refractivity contribution in [1.29, 1.82) is 0 Å². The number of rotatable bonds is 4. The van der Waals surface area contributed by atoms with Gasteiger partial charge in [0.25, 0.3) is 0 Å². The molecule has 1 aromatic carbocycles. The van der Waals surface area contributed by atoms with Crippen LogP contribution in [0.3, 0.4) is 0 Å². The van der Waals surface area contributed by atoms with Gasteiger partial charge in [0.05, 0.1) is 0 Å². The van der Waals surface area contributed by atoms with Crippen LogP contribution in [-0.4, -0.2) is 6.54 Å². The fourth-order valence-corrected chi connectivity index (χ4v) is 2.57. The lowest BCUT2D eigenvalue weighted by atomic mass is 10.2. The number of aryl methyl sites for hydroxylation is 1. The van der Waals surface area contributed by atoms with Gasteiger partial charge in [-0.3, -0.25) is 0 Å². The molecule has 1 atom stereocenters. The molecule has 90 valence electrons. The summed E-state index contributed by atoms with van der Waals surface area (Å²) in [6, 6.07) is 10.0. The highest BCUT2D eigenvalue weighted by Crippen LogP contribution is 2.27. The number of benzene rings is 1. The summed E-state index contributed by atoms with van der Waals surface area (Å²) in [5.41, 5.74) is 6.91. The summed E-state index contributed by atoms with van der Waals surface area (Å²) in [6.45, 7) is 2.52. The van der Waals surface area contributed by atoms with Crippen molar-refractivity contribution in [2.45, 2.75) is 13.0 Å². The van der Waals surface area contributed by atoms with Crippen molar-refractivity contribution in [3.63, 3.8) is 0 Å². The number of nitrogens with two attached hydrogens (primary N) is 1. The van der Waals surface area contributed by atoms with Crippen LogP contribution in [0.1, 0.15) is 16.5 Å². The Morgan fingerprint density at radius 1 is 1.41 bits per heavy atom.